The lowest BCUT2D eigenvalue weighted by Crippen LogP contribution is -2.64. The van der Waals surface area contributed by atoms with Crippen LogP contribution in [0.2, 0.25) is 0 Å². The van der Waals surface area contributed by atoms with Crippen LogP contribution in [0.5, 0.6) is 0 Å². The zero-order valence-corrected chi connectivity index (χ0v) is 29.2. The van der Waals surface area contributed by atoms with Crippen LogP contribution in [0.25, 0.3) is 0 Å². The van der Waals surface area contributed by atoms with Gasteiger partial charge in [-0.15, -0.1) is 0 Å². The molecule has 3 N–H and O–H groups in total. The van der Waals surface area contributed by atoms with Crippen molar-refractivity contribution < 1.29 is 48.5 Å². The Morgan fingerprint density at radius 1 is 0.872 bits per heavy atom. The van der Waals surface area contributed by atoms with Gasteiger partial charge in [0.2, 0.25) is 0 Å². The van der Waals surface area contributed by atoms with Crippen LogP contribution < -0.4 is 0 Å². The van der Waals surface area contributed by atoms with E-state index in [4.69, 9.17) is 28.4 Å². The summed E-state index contributed by atoms with van der Waals surface area (Å²) in [4.78, 5) is 12.9. The summed E-state index contributed by atoms with van der Waals surface area (Å²) in [7, 11) is 0. The Kier molecular flexibility index (Phi) is 6.50. The number of ether oxygens (including phenoxy) is 6. The van der Waals surface area contributed by atoms with Gasteiger partial charge < -0.3 is 43.7 Å². The molecule has 3 spiro atoms. The number of aliphatic hydroxyl groups is 3. The van der Waals surface area contributed by atoms with Crippen LogP contribution in [0, 0.1) is 50.7 Å². The van der Waals surface area contributed by atoms with Gasteiger partial charge in [0.25, 0.3) is 0 Å². The second kappa shape index (κ2) is 9.52. The number of esters is 1. The second-order valence-corrected chi connectivity index (χ2v) is 18.9. The van der Waals surface area contributed by atoms with Crippen molar-refractivity contribution in [2.45, 2.75) is 160 Å². The van der Waals surface area contributed by atoms with Crippen LogP contribution in [0.1, 0.15) is 99.8 Å². The van der Waals surface area contributed by atoms with Crippen molar-refractivity contribution in [1.29, 1.82) is 0 Å². The summed E-state index contributed by atoms with van der Waals surface area (Å²) in [5, 5.41) is 31.0. The molecule has 47 heavy (non-hydrogen) atoms. The summed E-state index contributed by atoms with van der Waals surface area (Å²) in [6.45, 7) is 16.1. The zero-order valence-electron chi connectivity index (χ0n) is 29.2. The standard InChI is InChI=1S/C37H56O10/c1-18-12-37(30-33(6,47-30)17-43-37)46-21-13-32(5)23-9-8-22-31(3,4)24(45-29-28(41)27(40)20(39)15-42-29)10-11-35(22)16-36(23,35)14-25(44-19(2)38)34(32,7)26(18)21/h18,20-30,39-41H,8-17H2,1-7H3/t18?,20-,21?,22+,23+,24+,25-,26?,27+,28-,29?,30?,32+,33?,34-,35-,36+,37?/m1/s1. The molecule has 10 nitrogen and oxygen atoms in total. The molecule has 0 aromatic carbocycles. The Bertz CT molecular complexity index is 1360. The Labute approximate surface area is 278 Å². The van der Waals surface area contributed by atoms with E-state index in [1.54, 1.807) is 6.92 Å². The molecule has 18 atom stereocenters. The Balaban J connectivity index is 1.03. The highest BCUT2D eigenvalue weighted by molar-refractivity contribution is 5.66. The Morgan fingerprint density at radius 2 is 1.62 bits per heavy atom. The molecule has 9 aliphatic rings. The van der Waals surface area contributed by atoms with Crippen LogP contribution in [0.3, 0.4) is 0 Å². The lowest BCUT2D eigenvalue weighted by atomic mass is 9.41. The third-order valence-electron chi connectivity index (χ3n) is 16.6. The monoisotopic (exact) mass is 660 g/mol. The number of carbonyl (C=O) groups is 1. The quantitative estimate of drug-likeness (QED) is 0.234. The van der Waals surface area contributed by atoms with E-state index in [0.29, 0.717) is 24.4 Å². The Hall–Kier alpha value is -0.850. The van der Waals surface area contributed by atoms with Gasteiger partial charge in [0.15, 0.2) is 12.1 Å². The van der Waals surface area contributed by atoms with Gasteiger partial charge in [-0.05, 0) is 97.2 Å². The molecule has 4 heterocycles. The first-order chi connectivity index (χ1) is 22.0. The highest BCUT2D eigenvalue weighted by atomic mass is 16.8. The molecule has 9 rings (SSSR count). The maximum Gasteiger partial charge on any atom is 0.302 e. The maximum atomic E-state index is 12.9. The van der Waals surface area contributed by atoms with Crippen LogP contribution in [-0.2, 0) is 33.2 Å². The van der Waals surface area contributed by atoms with E-state index in [1.807, 2.05) is 0 Å². The molecule has 0 amide bonds. The third kappa shape index (κ3) is 3.78. The minimum Gasteiger partial charge on any atom is -0.462 e. The molecule has 4 aliphatic heterocycles. The largest absolute Gasteiger partial charge is 0.462 e. The minimum absolute atomic E-state index is 0.00697. The number of hydrogen-bond acceptors (Lipinski definition) is 10. The predicted molar refractivity (Wildman–Crippen MR) is 166 cm³/mol. The average Bonchev–Trinajstić information content (AvgIpc) is 3.81. The van der Waals surface area contributed by atoms with Gasteiger partial charge in [0.05, 0.1) is 25.4 Å². The molecule has 0 aromatic heterocycles. The Morgan fingerprint density at radius 3 is 2.30 bits per heavy atom. The maximum absolute atomic E-state index is 12.9. The first-order valence-electron chi connectivity index (χ1n) is 18.5. The van der Waals surface area contributed by atoms with Gasteiger partial charge >= 0.3 is 5.97 Å². The molecule has 4 saturated heterocycles. The molecule has 5 saturated carbocycles. The van der Waals surface area contributed by atoms with E-state index in [9.17, 15) is 20.1 Å². The van der Waals surface area contributed by atoms with Gasteiger partial charge in [-0.25, -0.2) is 0 Å². The number of rotatable bonds is 3. The second-order valence-electron chi connectivity index (χ2n) is 18.9. The minimum atomic E-state index is -1.29. The van der Waals surface area contributed by atoms with Crippen molar-refractivity contribution >= 4 is 5.97 Å². The van der Waals surface area contributed by atoms with Gasteiger partial charge in [-0.2, -0.15) is 0 Å². The van der Waals surface area contributed by atoms with E-state index in [1.165, 1.54) is 0 Å². The molecule has 264 valence electrons. The van der Waals surface area contributed by atoms with Crippen molar-refractivity contribution in [3.8, 4) is 0 Å². The SMILES string of the molecule is CC(=O)O[C@@H]1C[C@@]23C[C@@]24CC[C@H](OC2OC[C@@H](O)[C@H](O)[C@H]2O)C(C)(C)[C@@H]4CC[C@H]3[C@]2(C)CC3OC4(CC(C)C3[C@@]12C)OCC1(C)OC14. The summed E-state index contributed by atoms with van der Waals surface area (Å²) in [5.41, 5.74) is -0.492. The molecular formula is C37H56O10. The van der Waals surface area contributed by atoms with Gasteiger partial charge in [0, 0.05) is 18.8 Å². The highest BCUT2D eigenvalue weighted by Crippen LogP contribution is 2.89. The fourth-order valence-electron chi connectivity index (χ4n) is 14.6. The number of carbonyl (C=O) groups excluding carboxylic acids is 1. The zero-order chi connectivity index (χ0) is 33.3. The van der Waals surface area contributed by atoms with Gasteiger partial charge in [0.1, 0.15) is 36.1 Å². The van der Waals surface area contributed by atoms with Crippen molar-refractivity contribution in [2.75, 3.05) is 13.2 Å². The van der Waals surface area contributed by atoms with Crippen molar-refractivity contribution in [3.05, 3.63) is 0 Å². The van der Waals surface area contributed by atoms with Crippen molar-refractivity contribution in [1.82, 2.24) is 0 Å². The number of aliphatic hydroxyl groups excluding tert-OH is 3. The van der Waals surface area contributed by atoms with Crippen molar-refractivity contribution in [3.63, 3.8) is 0 Å². The summed E-state index contributed by atoms with van der Waals surface area (Å²) >= 11 is 0. The summed E-state index contributed by atoms with van der Waals surface area (Å²) in [5.74, 6) is 0.642. The predicted octanol–water partition coefficient (Wildman–Crippen LogP) is 3.71. The van der Waals surface area contributed by atoms with Crippen LogP contribution in [-0.4, -0.2) is 94.9 Å². The van der Waals surface area contributed by atoms with E-state index in [0.717, 1.165) is 51.4 Å². The average molecular weight is 661 g/mol. The van der Waals surface area contributed by atoms with Gasteiger partial charge in [-0.3, -0.25) is 4.79 Å². The molecule has 10 heteroatoms. The lowest BCUT2D eigenvalue weighted by molar-refractivity contribution is -0.309. The molecular weight excluding hydrogens is 604 g/mol. The highest BCUT2D eigenvalue weighted by Gasteiger charge is 2.86. The lowest BCUT2D eigenvalue weighted by Gasteiger charge is -2.65. The number of epoxide rings is 1. The molecule has 0 bridgehead atoms. The molecule has 5 aliphatic carbocycles. The molecule has 9 fully saturated rings. The van der Waals surface area contributed by atoms with Crippen LogP contribution in [0.4, 0.5) is 0 Å². The first-order valence-corrected chi connectivity index (χ1v) is 18.5. The molecule has 0 radical (unpaired) electrons. The summed E-state index contributed by atoms with van der Waals surface area (Å²) in [6.07, 6.45) is 2.89. The van der Waals surface area contributed by atoms with Gasteiger partial charge in [-0.1, -0.05) is 34.6 Å². The molecule has 0 aromatic rings. The first kappa shape index (κ1) is 32.1. The third-order valence-corrected chi connectivity index (χ3v) is 16.6. The van der Waals surface area contributed by atoms with E-state index in [-0.39, 0.29) is 75.6 Å². The topological polar surface area (TPSA) is 136 Å². The van der Waals surface area contributed by atoms with Crippen LogP contribution >= 0.6 is 0 Å². The normalized spacial score (nSPS) is 62.8. The number of hydrogen-bond donors (Lipinski definition) is 3. The van der Waals surface area contributed by atoms with Crippen LogP contribution in [0.15, 0.2) is 0 Å². The summed E-state index contributed by atoms with van der Waals surface area (Å²) < 4.78 is 38.4. The van der Waals surface area contributed by atoms with E-state index >= 15 is 0 Å². The fraction of sp³-hybridized carbons (Fsp3) is 0.973. The fourth-order valence-corrected chi connectivity index (χ4v) is 14.6. The van der Waals surface area contributed by atoms with E-state index < -0.39 is 30.4 Å². The van der Waals surface area contributed by atoms with E-state index in [2.05, 4.69) is 41.5 Å². The summed E-state index contributed by atoms with van der Waals surface area (Å²) in [6, 6.07) is 0. The molecule has 7 unspecified atom stereocenters. The smallest absolute Gasteiger partial charge is 0.302 e. The number of fused-ring (bicyclic) bond motifs is 6. The van der Waals surface area contributed by atoms with Crippen molar-refractivity contribution in [2.24, 2.45) is 50.7 Å².